The first-order valence-electron chi connectivity index (χ1n) is 6.47. The Morgan fingerprint density at radius 2 is 1.68 bits per heavy atom. The predicted octanol–water partition coefficient (Wildman–Crippen LogP) is -1.36. The summed E-state index contributed by atoms with van der Waals surface area (Å²) in [5.41, 5.74) is -0.373. The number of methoxy groups -OCH3 is 2. The van der Waals surface area contributed by atoms with Gasteiger partial charge in [0, 0.05) is 18.2 Å². The monoisotopic (exact) mass is 377 g/mol. The van der Waals surface area contributed by atoms with E-state index in [2.05, 4.69) is 4.18 Å². The Balaban J connectivity index is 0.00000312. The van der Waals surface area contributed by atoms with Crippen LogP contribution in [0.25, 0.3) is 0 Å². The van der Waals surface area contributed by atoms with Gasteiger partial charge in [-0.2, -0.15) is 0 Å². The predicted molar refractivity (Wildman–Crippen MR) is 83.4 cm³/mol. The van der Waals surface area contributed by atoms with Gasteiger partial charge in [-0.25, -0.2) is 4.21 Å². The minimum Gasteiger partial charge on any atom is -1.00 e. The van der Waals surface area contributed by atoms with Gasteiger partial charge in [-0.05, 0) is 12.1 Å². The van der Waals surface area contributed by atoms with E-state index in [0.29, 0.717) is 5.75 Å². The molecular weight excluding hydrogens is 363 g/mol. The summed E-state index contributed by atoms with van der Waals surface area (Å²) >= 11 is -2.90. The normalized spacial score (nSPS) is 11.2. The molecule has 0 fully saturated rings. The molecule has 1 unspecified atom stereocenters. The maximum Gasteiger partial charge on any atom is 1.00 e. The van der Waals surface area contributed by atoms with E-state index in [1.165, 1.54) is 32.4 Å². The molecule has 0 aliphatic carbocycles. The third-order valence-electron chi connectivity index (χ3n) is 3.13. The standard InChI is InChI=1S/C15H14O8S.Na.H/c1-21-8-3-4-9(11(16)5-8)15(18)10-6-14(23-24(19)20)13(22-2)7-12(10)17;;/h3-7,16-17H,1-2H3,(H,19,20);;/q;+1;-1/p-1. The van der Waals surface area contributed by atoms with Gasteiger partial charge in [-0.1, -0.05) is 0 Å². The molecule has 0 amide bonds. The fraction of sp³-hybridized carbons (Fsp3) is 0.133. The van der Waals surface area contributed by atoms with Gasteiger partial charge in [0.1, 0.15) is 28.6 Å². The minimum absolute atomic E-state index is 0. The van der Waals surface area contributed by atoms with E-state index in [1.807, 2.05) is 0 Å². The summed E-state index contributed by atoms with van der Waals surface area (Å²) in [4.78, 5) is 12.5. The van der Waals surface area contributed by atoms with E-state index < -0.39 is 22.9 Å². The molecule has 130 valence electrons. The van der Waals surface area contributed by atoms with E-state index in [0.717, 1.165) is 12.1 Å². The summed E-state index contributed by atoms with van der Waals surface area (Å²) in [6, 6.07) is 6.05. The van der Waals surface area contributed by atoms with Crippen LogP contribution in [0.1, 0.15) is 17.3 Å². The average Bonchev–Trinajstić information content (AvgIpc) is 2.54. The Hall–Kier alpha value is -1.78. The van der Waals surface area contributed by atoms with Crippen LogP contribution in [-0.2, 0) is 11.4 Å². The van der Waals surface area contributed by atoms with Crippen molar-refractivity contribution in [3.8, 4) is 28.7 Å². The number of rotatable bonds is 6. The molecule has 2 rings (SSSR count). The number of carbonyl (C=O) groups excluding carboxylic acids is 1. The number of aromatic hydroxyl groups is 2. The van der Waals surface area contributed by atoms with Crippen molar-refractivity contribution in [3.05, 3.63) is 41.5 Å². The number of benzene rings is 2. The molecular formula is C15H14NaO8S-. The van der Waals surface area contributed by atoms with E-state index in [4.69, 9.17) is 9.47 Å². The molecule has 1 atom stereocenters. The first-order valence-corrected chi connectivity index (χ1v) is 7.47. The summed E-state index contributed by atoms with van der Waals surface area (Å²) in [6.45, 7) is 0. The number of phenolic OH excluding ortho intramolecular Hbond substituents is 2. The quantitative estimate of drug-likeness (QED) is 0.359. The van der Waals surface area contributed by atoms with Gasteiger partial charge in [0.2, 0.25) is 5.78 Å². The zero-order valence-corrected chi connectivity index (χ0v) is 16.5. The van der Waals surface area contributed by atoms with Crippen LogP contribution in [0.5, 0.6) is 28.7 Å². The van der Waals surface area contributed by atoms with Gasteiger partial charge in [0.25, 0.3) is 0 Å². The molecule has 8 nitrogen and oxygen atoms in total. The van der Waals surface area contributed by atoms with E-state index in [9.17, 15) is 23.8 Å². The fourth-order valence-corrected chi connectivity index (χ4v) is 2.28. The Bertz CT molecular complexity index is 814. The van der Waals surface area contributed by atoms with Crippen LogP contribution < -0.4 is 43.2 Å². The molecule has 0 saturated carbocycles. The summed E-state index contributed by atoms with van der Waals surface area (Å²) in [5.74, 6) is -1.57. The molecule has 0 heterocycles. The summed E-state index contributed by atoms with van der Waals surface area (Å²) in [6.07, 6.45) is 0. The van der Waals surface area contributed by atoms with Crippen molar-refractivity contribution >= 4 is 17.1 Å². The van der Waals surface area contributed by atoms with E-state index in [1.54, 1.807) is 0 Å². The van der Waals surface area contributed by atoms with Gasteiger partial charge >= 0.3 is 29.6 Å². The van der Waals surface area contributed by atoms with Crippen molar-refractivity contribution in [1.29, 1.82) is 0 Å². The summed E-state index contributed by atoms with van der Waals surface area (Å²) in [5, 5.41) is 19.9. The smallest absolute Gasteiger partial charge is 1.00 e. The van der Waals surface area contributed by atoms with Crippen molar-refractivity contribution in [3.63, 3.8) is 0 Å². The number of ketones is 1. The molecule has 10 heteroatoms. The van der Waals surface area contributed by atoms with Gasteiger partial charge < -0.3 is 29.8 Å². The number of hydrogen-bond donors (Lipinski definition) is 2. The summed E-state index contributed by atoms with van der Waals surface area (Å²) < 4.78 is 35.8. The van der Waals surface area contributed by atoms with Crippen LogP contribution in [0, 0.1) is 0 Å². The van der Waals surface area contributed by atoms with Crippen LogP contribution in [-0.4, -0.2) is 39.0 Å². The Kier molecular flexibility index (Phi) is 7.71. The number of carbonyl (C=O) groups is 1. The second-order valence-electron chi connectivity index (χ2n) is 4.52. The fourth-order valence-electron chi connectivity index (χ4n) is 2.00. The molecule has 25 heavy (non-hydrogen) atoms. The molecule has 0 aliphatic rings. The Morgan fingerprint density at radius 1 is 1.04 bits per heavy atom. The van der Waals surface area contributed by atoms with Gasteiger partial charge in [0.05, 0.1) is 25.3 Å². The van der Waals surface area contributed by atoms with Crippen LogP contribution in [0.3, 0.4) is 0 Å². The molecule has 2 aromatic carbocycles. The number of ether oxygens (including phenoxy) is 2. The van der Waals surface area contributed by atoms with Gasteiger partial charge in [-0.3, -0.25) is 4.79 Å². The van der Waals surface area contributed by atoms with Crippen molar-refractivity contribution in [2.24, 2.45) is 0 Å². The van der Waals surface area contributed by atoms with Crippen molar-refractivity contribution in [2.45, 2.75) is 0 Å². The first kappa shape index (κ1) is 21.3. The first-order chi connectivity index (χ1) is 11.4. The van der Waals surface area contributed by atoms with Crippen LogP contribution in [0.4, 0.5) is 0 Å². The molecule has 2 aromatic rings. The van der Waals surface area contributed by atoms with E-state index >= 15 is 0 Å². The third-order valence-corrected chi connectivity index (χ3v) is 3.45. The molecule has 0 spiro atoms. The molecule has 2 N–H and O–H groups in total. The second kappa shape index (κ2) is 9.07. The van der Waals surface area contributed by atoms with Crippen molar-refractivity contribution < 1.29 is 68.4 Å². The average molecular weight is 377 g/mol. The molecule has 0 bridgehead atoms. The van der Waals surface area contributed by atoms with Crippen LogP contribution in [0.2, 0.25) is 0 Å². The van der Waals surface area contributed by atoms with E-state index in [-0.39, 0.29) is 59.4 Å². The van der Waals surface area contributed by atoms with Crippen LogP contribution in [0.15, 0.2) is 30.3 Å². The third kappa shape index (κ3) is 4.86. The largest absolute Gasteiger partial charge is 1.00 e. The molecule has 0 saturated heterocycles. The molecule has 0 aliphatic heterocycles. The number of hydrogen-bond acceptors (Lipinski definition) is 8. The topological polar surface area (TPSA) is 125 Å². The Morgan fingerprint density at radius 3 is 2.20 bits per heavy atom. The molecule has 0 aromatic heterocycles. The van der Waals surface area contributed by atoms with Crippen molar-refractivity contribution in [2.75, 3.05) is 14.2 Å². The maximum atomic E-state index is 12.5. The second-order valence-corrected chi connectivity index (χ2v) is 5.09. The van der Waals surface area contributed by atoms with Crippen LogP contribution >= 0.6 is 0 Å². The van der Waals surface area contributed by atoms with Gasteiger partial charge in [-0.15, -0.1) is 0 Å². The zero-order chi connectivity index (χ0) is 17.9. The maximum absolute atomic E-state index is 12.5. The number of phenols is 2. The SMILES string of the molecule is COc1ccc(C(=O)c2cc(OS(=O)[O-])c(OC)cc2O)c(O)c1.[H-].[Na+]. The Labute approximate surface area is 169 Å². The molecule has 0 radical (unpaired) electrons. The minimum atomic E-state index is -2.90. The zero-order valence-electron chi connectivity index (χ0n) is 14.6. The van der Waals surface area contributed by atoms with Crippen molar-refractivity contribution in [1.82, 2.24) is 0 Å². The summed E-state index contributed by atoms with van der Waals surface area (Å²) in [7, 11) is 2.64. The van der Waals surface area contributed by atoms with Gasteiger partial charge in [0.15, 0.2) is 11.5 Å².